The minimum atomic E-state index is -0.742. The van der Waals surface area contributed by atoms with E-state index in [4.69, 9.17) is 9.40 Å². The van der Waals surface area contributed by atoms with Gasteiger partial charge in [-0.2, -0.15) is 4.98 Å². The van der Waals surface area contributed by atoms with Gasteiger partial charge in [0.2, 0.25) is 5.91 Å². The number of para-hydroxylation sites is 3. The number of aryl methyl sites for hydroxylation is 1. The molecule has 8 heteroatoms. The van der Waals surface area contributed by atoms with Crippen LogP contribution in [-0.2, 0) is 9.59 Å². The first-order valence-corrected chi connectivity index (χ1v) is 13.3. The average Bonchev–Trinajstić information content (AvgIpc) is 3.53. The molecule has 2 N–H and O–H groups in total. The Labute approximate surface area is 216 Å². The molecule has 5 rings (SSSR count). The number of carbonyl (C=O) groups is 2. The molecule has 1 saturated heterocycles. The van der Waals surface area contributed by atoms with Crippen LogP contribution in [0.1, 0.15) is 69.7 Å². The number of H-pyrrole nitrogens is 1. The standard InChI is InChI=1S/C29H35N5O3/c1-4-20-11-7-8-15-34(20)26(36)17-23(32-29-31-21-12-5-6-14-25(21)37-29)24(35)16-19(3)28-30-22-13-9-10-18(2)27(22)33-28/h5-6,9-10,12-14,19-20,23H,4,7-8,11,15-17H2,1-3H3,(H,30,33)(H,31,32)/t19-,20+,23+/m1/s1. The summed E-state index contributed by atoms with van der Waals surface area (Å²) >= 11 is 0. The van der Waals surface area contributed by atoms with E-state index >= 15 is 0 Å². The molecule has 0 spiro atoms. The van der Waals surface area contributed by atoms with Gasteiger partial charge in [0.05, 0.1) is 23.5 Å². The fourth-order valence-electron chi connectivity index (χ4n) is 5.34. The molecule has 3 heterocycles. The second-order valence-corrected chi connectivity index (χ2v) is 10.2. The molecular weight excluding hydrogens is 466 g/mol. The van der Waals surface area contributed by atoms with Crippen LogP contribution in [0.5, 0.6) is 0 Å². The molecule has 1 aliphatic heterocycles. The molecule has 1 aliphatic rings. The van der Waals surface area contributed by atoms with Crippen molar-refractivity contribution in [1.29, 1.82) is 0 Å². The Balaban J connectivity index is 1.36. The van der Waals surface area contributed by atoms with E-state index in [-0.39, 0.29) is 42.5 Å². The zero-order valence-electron chi connectivity index (χ0n) is 21.8. The van der Waals surface area contributed by atoms with Gasteiger partial charge in [0.1, 0.15) is 11.3 Å². The quantitative estimate of drug-likeness (QED) is 0.303. The summed E-state index contributed by atoms with van der Waals surface area (Å²) in [6.45, 7) is 6.88. The summed E-state index contributed by atoms with van der Waals surface area (Å²) in [7, 11) is 0. The summed E-state index contributed by atoms with van der Waals surface area (Å²) < 4.78 is 5.84. The van der Waals surface area contributed by atoms with E-state index < -0.39 is 6.04 Å². The van der Waals surface area contributed by atoms with Gasteiger partial charge in [0.15, 0.2) is 11.4 Å². The number of amides is 1. The number of benzene rings is 2. The monoisotopic (exact) mass is 501 g/mol. The summed E-state index contributed by atoms with van der Waals surface area (Å²) in [6, 6.07) is 13.2. The first kappa shape index (κ1) is 25.0. The van der Waals surface area contributed by atoms with Crippen LogP contribution >= 0.6 is 0 Å². The Hall–Kier alpha value is -3.68. The number of oxazole rings is 1. The Kier molecular flexibility index (Phi) is 7.26. The number of carbonyl (C=O) groups excluding carboxylic acids is 2. The van der Waals surface area contributed by atoms with Gasteiger partial charge < -0.3 is 19.6 Å². The lowest BCUT2D eigenvalue weighted by molar-refractivity contribution is -0.137. The molecule has 2 aromatic heterocycles. The normalized spacial score (nSPS) is 17.7. The molecule has 4 aromatic rings. The maximum atomic E-state index is 13.7. The third-order valence-corrected chi connectivity index (χ3v) is 7.48. The number of aromatic nitrogens is 3. The number of nitrogens with zero attached hydrogens (tertiary/aromatic N) is 3. The Morgan fingerprint density at radius 2 is 1.97 bits per heavy atom. The highest BCUT2D eigenvalue weighted by molar-refractivity contribution is 5.92. The number of nitrogens with one attached hydrogen (secondary N) is 2. The van der Waals surface area contributed by atoms with Gasteiger partial charge in [-0.25, -0.2) is 4.98 Å². The van der Waals surface area contributed by atoms with Gasteiger partial charge in [-0.15, -0.1) is 0 Å². The fraction of sp³-hybridized carbons (Fsp3) is 0.448. The van der Waals surface area contributed by atoms with Crippen molar-refractivity contribution in [2.24, 2.45) is 0 Å². The van der Waals surface area contributed by atoms with Crippen LogP contribution in [0.2, 0.25) is 0 Å². The first-order chi connectivity index (χ1) is 17.9. The maximum Gasteiger partial charge on any atom is 0.296 e. The number of hydrogen-bond acceptors (Lipinski definition) is 6. The maximum absolute atomic E-state index is 13.7. The second kappa shape index (κ2) is 10.7. The van der Waals surface area contributed by atoms with E-state index in [0.717, 1.165) is 54.6 Å². The van der Waals surface area contributed by atoms with Gasteiger partial charge >= 0.3 is 0 Å². The largest absolute Gasteiger partial charge is 0.424 e. The SMILES string of the molecule is CC[C@H]1CCCCN1C(=O)C[C@H](Nc1nc2ccccc2o1)C(=O)C[C@@H](C)c1nc2c(C)cccc2[nH]1. The van der Waals surface area contributed by atoms with Crippen molar-refractivity contribution in [2.75, 3.05) is 11.9 Å². The topological polar surface area (TPSA) is 104 Å². The van der Waals surface area contributed by atoms with Gasteiger partial charge in [0.25, 0.3) is 6.01 Å². The van der Waals surface area contributed by atoms with Crippen LogP contribution < -0.4 is 5.32 Å². The van der Waals surface area contributed by atoms with E-state index in [1.54, 1.807) is 0 Å². The number of piperidine rings is 1. The van der Waals surface area contributed by atoms with Gasteiger partial charge in [-0.3, -0.25) is 9.59 Å². The smallest absolute Gasteiger partial charge is 0.296 e. The molecule has 37 heavy (non-hydrogen) atoms. The van der Waals surface area contributed by atoms with E-state index in [1.807, 2.05) is 61.2 Å². The lowest BCUT2D eigenvalue weighted by Gasteiger charge is -2.36. The number of hydrogen-bond donors (Lipinski definition) is 2. The summed E-state index contributed by atoms with van der Waals surface area (Å²) in [5.41, 5.74) is 4.31. The lowest BCUT2D eigenvalue weighted by atomic mass is 9.95. The summed E-state index contributed by atoms with van der Waals surface area (Å²) in [5.74, 6) is 0.568. The van der Waals surface area contributed by atoms with Crippen LogP contribution in [0.4, 0.5) is 6.01 Å². The molecule has 0 unspecified atom stereocenters. The number of fused-ring (bicyclic) bond motifs is 2. The molecule has 0 saturated carbocycles. The molecule has 1 amide bonds. The van der Waals surface area contributed by atoms with Crippen molar-refractivity contribution in [3.8, 4) is 0 Å². The molecule has 0 aliphatic carbocycles. The zero-order chi connectivity index (χ0) is 25.9. The third kappa shape index (κ3) is 5.38. The lowest BCUT2D eigenvalue weighted by Crippen LogP contribution is -2.46. The Morgan fingerprint density at radius 1 is 1.14 bits per heavy atom. The van der Waals surface area contributed by atoms with Crippen LogP contribution in [0.15, 0.2) is 46.9 Å². The molecule has 194 valence electrons. The number of imidazole rings is 1. The highest BCUT2D eigenvalue weighted by Crippen LogP contribution is 2.26. The molecule has 2 aromatic carbocycles. The number of anilines is 1. The van der Waals surface area contributed by atoms with E-state index in [1.165, 1.54) is 0 Å². The first-order valence-electron chi connectivity index (χ1n) is 13.3. The molecule has 8 nitrogen and oxygen atoms in total. The van der Waals surface area contributed by atoms with Crippen molar-refractivity contribution in [1.82, 2.24) is 19.9 Å². The summed E-state index contributed by atoms with van der Waals surface area (Å²) in [6.07, 6.45) is 4.39. The van der Waals surface area contributed by atoms with Gasteiger partial charge in [0, 0.05) is 24.9 Å². The molecule has 1 fully saturated rings. The third-order valence-electron chi connectivity index (χ3n) is 7.48. The van der Waals surface area contributed by atoms with Crippen molar-refractivity contribution in [3.63, 3.8) is 0 Å². The summed E-state index contributed by atoms with van der Waals surface area (Å²) in [4.78, 5) is 41.6. The average molecular weight is 502 g/mol. The van der Waals surface area contributed by atoms with Crippen LogP contribution in [0, 0.1) is 6.92 Å². The van der Waals surface area contributed by atoms with Crippen molar-refractivity contribution in [2.45, 2.75) is 77.3 Å². The van der Waals surface area contributed by atoms with E-state index in [2.05, 4.69) is 22.2 Å². The number of Topliss-reactive ketones (excluding diaryl/α,β-unsaturated/α-hetero) is 1. The molecule has 3 atom stereocenters. The minimum Gasteiger partial charge on any atom is -0.424 e. The highest BCUT2D eigenvalue weighted by Gasteiger charge is 2.31. The van der Waals surface area contributed by atoms with Gasteiger partial charge in [-0.1, -0.05) is 38.1 Å². The van der Waals surface area contributed by atoms with Gasteiger partial charge in [-0.05, 0) is 56.4 Å². The Bertz CT molecular complexity index is 1370. The van der Waals surface area contributed by atoms with E-state index in [9.17, 15) is 9.59 Å². The van der Waals surface area contributed by atoms with E-state index in [0.29, 0.717) is 11.1 Å². The summed E-state index contributed by atoms with van der Waals surface area (Å²) in [5, 5.41) is 3.16. The molecular formula is C29H35N5O3. The van der Waals surface area contributed by atoms with Crippen molar-refractivity contribution >= 4 is 39.8 Å². The predicted octanol–water partition coefficient (Wildman–Crippen LogP) is 5.74. The predicted molar refractivity (Wildman–Crippen MR) is 145 cm³/mol. The van der Waals surface area contributed by atoms with Crippen molar-refractivity contribution < 1.29 is 14.0 Å². The number of likely N-dealkylation sites (tertiary alicyclic amines) is 1. The number of ketones is 1. The fourth-order valence-corrected chi connectivity index (χ4v) is 5.34. The number of rotatable bonds is 9. The second-order valence-electron chi connectivity index (χ2n) is 10.2. The zero-order valence-corrected chi connectivity index (χ0v) is 21.8. The highest BCUT2D eigenvalue weighted by atomic mass is 16.4. The van der Waals surface area contributed by atoms with Crippen LogP contribution in [0.25, 0.3) is 22.1 Å². The number of aromatic amines is 1. The molecule has 0 radical (unpaired) electrons. The van der Waals surface area contributed by atoms with Crippen molar-refractivity contribution in [3.05, 3.63) is 53.9 Å². The van der Waals surface area contributed by atoms with Crippen LogP contribution in [0.3, 0.4) is 0 Å². The Morgan fingerprint density at radius 3 is 2.76 bits per heavy atom. The minimum absolute atomic E-state index is 0.000487. The molecule has 0 bridgehead atoms. The van der Waals surface area contributed by atoms with Crippen LogP contribution in [-0.4, -0.2) is 50.2 Å².